The zero-order valence-electron chi connectivity index (χ0n) is 17.9. The first-order chi connectivity index (χ1) is 14.4. The molecule has 5 rings (SSSR count). The van der Waals surface area contributed by atoms with Gasteiger partial charge in [-0.3, -0.25) is 19.3 Å². The molecule has 2 saturated heterocycles. The van der Waals surface area contributed by atoms with Gasteiger partial charge in [-0.25, -0.2) is 0 Å². The number of nitrogens with one attached hydrogen (secondary N) is 1. The SMILES string of the molecule is CSCC[C@@H]1[NH2+][C@@]2(C(=O)Nc3c2ccc(C)c3C)[C@@H]2C(=O)N(C3CCCC3)C(=O)[C@H]12. The van der Waals surface area contributed by atoms with Crippen LogP contribution in [0.4, 0.5) is 5.69 Å². The Morgan fingerprint density at radius 2 is 1.90 bits per heavy atom. The van der Waals surface area contributed by atoms with E-state index >= 15 is 0 Å². The largest absolute Gasteiger partial charge is 0.326 e. The molecule has 160 valence electrons. The van der Waals surface area contributed by atoms with Crippen molar-refractivity contribution in [3.05, 3.63) is 28.8 Å². The van der Waals surface area contributed by atoms with Crippen molar-refractivity contribution in [2.45, 2.75) is 63.6 Å². The van der Waals surface area contributed by atoms with Crippen LogP contribution in [0.5, 0.6) is 0 Å². The molecule has 7 heteroatoms. The highest BCUT2D eigenvalue weighted by Gasteiger charge is 2.74. The third kappa shape index (κ3) is 2.51. The van der Waals surface area contributed by atoms with Crippen LogP contribution in [0.25, 0.3) is 0 Å². The lowest BCUT2D eigenvalue weighted by Gasteiger charge is -2.29. The fourth-order valence-corrected chi connectivity index (χ4v) is 6.85. The second-order valence-corrected chi connectivity index (χ2v) is 10.3. The molecule has 6 nitrogen and oxygen atoms in total. The molecule has 3 heterocycles. The van der Waals surface area contributed by atoms with Gasteiger partial charge in [0.15, 0.2) is 0 Å². The van der Waals surface area contributed by atoms with E-state index in [0.29, 0.717) is 0 Å². The van der Waals surface area contributed by atoms with Gasteiger partial charge < -0.3 is 10.6 Å². The number of anilines is 1. The average Bonchev–Trinajstić information content (AvgIpc) is 3.46. The first-order valence-corrected chi connectivity index (χ1v) is 12.4. The van der Waals surface area contributed by atoms with E-state index in [9.17, 15) is 14.4 Å². The molecule has 1 aromatic rings. The molecular formula is C23H30N3O3S+. The molecule has 3 N–H and O–H groups in total. The molecule has 0 radical (unpaired) electrons. The number of fused-ring (bicyclic) bond motifs is 4. The number of hydrogen-bond donors (Lipinski definition) is 2. The molecule has 4 aliphatic rings. The van der Waals surface area contributed by atoms with Gasteiger partial charge in [0.2, 0.25) is 17.4 Å². The van der Waals surface area contributed by atoms with Crippen LogP contribution in [0.3, 0.4) is 0 Å². The third-order valence-electron chi connectivity index (χ3n) is 7.95. The van der Waals surface area contributed by atoms with E-state index in [1.54, 1.807) is 16.7 Å². The summed E-state index contributed by atoms with van der Waals surface area (Å²) in [6, 6.07) is 3.99. The van der Waals surface area contributed by atoms with Crippen LogP contribution < -0.4 is 10.6 Å². The van der Waals surface area contributed by atoms with Crippen LogP contribution in [-0.2, 0) is 19.9 Å². The van der Waals surface area contributed by atoms with E-state index < -0.39 is 17.4 Å². The first-order valence-electron chi connectivity index (χ1n) is 11.1. The molecule has 1 aliphatic carbocycles. The number of hydrogen-bond acceptors (Lipinski definition) is 4. The predicted molar refractivity (Wildman–Crippen MR) is 116 cm³/mol. The summed E-state index contributed by atoms with van der Waals surface area (Å²) >= 11 is 1.74. The standard InChI is InChI=1S/C23H29N3O3S/c1-12-8-9-15-19(13(12)2)24-22(29)23(15)18-17(16(25-23)10-11-30-3)20(27)26(21(18)28)14-6-4-5-7-14/h8-9,14,16-18,25H,4-7,10-11H2,1-3H3,(H,24,29)/p+1/t16-,17+,18-,23+/m0/s1. The highest BCUT2D eigenvalue weighted by molar-refractivity contribution is 7.98. The van der Waals surface area contributed by atoms with Crippen molar-refractivity contribution in [1.82, 2.24) is 4.90 Å². The number of nitrogens with zero attached hydrogens (tertiary/aromatic N) is 1. The average molecular weight is 429 g/mol. The van der Waals surface area contributed by atoms with Gasteiger partial charge in [-0.1, -0.05) is 18.9 Å². The Labute approximate surface area is 181 Å². The second-order valence-electron chi connectivity index (χ2n) is 9.35. The number of aryl methyl sites for hydroxylation is 1. The Hall–Kier alpha value is -1.86. The van der Waals surface area contributed by atoms with E-state index in [0.717, 1.165) is 60.2 Å². The van der Waals surface area contributed by atoms with Gasteiger partial charge in [-0.05, 0) is 55.9 Å². The summed E-state index contributed by atoms with van der Waals surface area (Å²) in [7, 11) is 0. The second kappa shape index (κ2) is 7.09. The van der Waals surface area contributed by atoms with Crippen molar-refractivity contribution >= 4 is 35.2 Å². The molecule has 30 heavy (non-hydrogen) atoms. The van der Waals surface area contributed by atoms with Crippen LogP contribution in [-0.4, -0.2) is 46.7 Å². The normalized spacial score (nSPS) is 33.0. The minimum Gasteiger partial charge on any atom is -0.326 e. The van der Waals surface area contributed by atoms with Crippen molar-refractivity contribution in [3.63, 3.8) is 0 Å². The number of quaternary nitrogens is 1. The first kappa shape index (κ1) is 20.1. The maximum Gasteiger partial charge on any atom is 0.291 e. The van der Waals surface area contributed by atoms with Gasteiger partial charge in [-0.2, -0.15) is 11.8 Å². The van der Waals surface area contributed by atoms with Gasteiger partial charge in [0.05, 0.1) is 5.69 Å². The van der Waals surface area contributed by atoms with Crippen molar-refractivity contribution in [2.75, 3.05) is 17.3 Å². The molecule has 4 atom stereocenters. The number of carbonyl (C=O) groups is 3. The van der Waals surface area contributed by atoms with E-state index in [1.807, 2.05) is 26.0 Å². The number of nitrogens with two attached hydrogens (primary N) is 1. The number of thioether (sulfide) groups is 1. The molecule has 0 aromatic heterocycles. The summed E-state index contributed by atoms with van der Waals surface area (Å²) in [5.74, 6) is -0.416. The molecule has 1 saturated carbocycles. The summed E-state index contributed by atoms with van der Waals surface area (Å²) in [5.41, 5.74) is 2.84. The molecular weight excluding hydrogens is 398 g/mol. The van der Waals surface area contributed by atoms with Crippen molar-refractivity contribution in [1.29, 1.82) is 0 Å². The van der Waals surface area contributed by atoms with Crippen LogP contribution in [0.1, 0.15) is 48.8 Å². The fourth-order valence-electron chi connectivity index (χ4n) is 6.34. The number of carbonyl (C=O) groups excluding carboxylic acids is 3. The van der Waals surface area contributed by atoms with E-state index in [1.165, 1.54) is 0 Å². The molecule has 1 aromatic carbocycles. The van der Waals surface area contributed by atoms with Crippen molar-refractivity contribution in [3.8, 4) is 0 Å². The maximum atomic E-state index is 13.8. The van der Waals surface area contributed by atoms with Gasteiger partial charge >= 0.3 is 0 Å². The summed E-state index contributed by atoms with van der Waals surface area (Å²) in [6.07, 6.45) is 6.78. The monoisotopic (exact) mass is 428 g/mol. The van der Waals surface area contributed by atoms with E-state index in [2.05, 4.69) is 16.9 Å². The lowest BCUT2D eigenvalue weighted by molar-refractivity contribution is -0.733. The van der Waals surface area contributed by atoms with Crippen LogP contribution in [0.15, 0.2) is 12.1 Å². The van der Waals surface area contributed by atoms with Gasteiger partial charge in [0.1, 0.15) is 17.9 Å². The third-order valence-corrected chi connectivity index (χ3v) is 8.60. The molecule has 3 aliphatic heterocycles. The summed E-state index contributed by atoms with van der Waals surface area (Å²) in [6.45, 7) is 4.04. The number of imide groups is 1. The lowest BCUT2D eigenvalue weighted by atomic mass is 9.76. The predicted octanol–water partition coefficient (Wildman–Crippen LogP) is 1.69. The number of amides is 3. The van der Waals surface area contributed by atoms with Crippen LogP contribution in [0, 0.1) is 25.7 Å². The summed E-state index contributed by atoms with van der Waals surface area (Å²) in [5, 5.41) is 5.16. The zero-order chi connectivity index (χ0) is 21.2. The highest BCUT2D eigenvalue weighted by Crippen LogP contribution is 2.51. The Morgan fingerprint density at radius 1 is 1.17 bits per heavy atom. The van der Waals surface area contributed by atoms with Crippen molar-refractivity contribution in [2.24, 2.45) is 11.8 Å². The minimum atomic E-state index is -1.03. The number of likely N-dealkylation sites (tertiary alicyclic amines) is 1. The molecule has 0 unspecified atom stereocenters. The smallest absolute Gasteiger partial charge is 0.291 e. The topological polar surface area (TPSA) is 83.1 Å². The molecule has 1 spiro atoms. The maximum absolute atomic E-state index is 13.8. The summed E-state index contributed by atoms with van der Waals surface area (Å²) < 4.78 is 0. The molecule has 3 fully saturated rings. The van der Waals surface area contributed by atoms with E-state index in [-0.39, 0.29) is 29.8 Å². The lowest BCUT2D eigenvalue weighted by Crippen LogP contribution is -2.99. The molecule has 0 bridgehead atoms. The van der Waals surface area contributed by atoms with Gasteiger partial charge in [0, 0.05) is 18.0 Å². The molecule has 3 amide bonds. The number of benzene rings is 1. The Morgan fingerprint density at radius 3 is 2.60 bits per heavy atom. The number of rotatable bonds is 4. The Bertz CT molecular complexity index is 942. The van der Waals surface area contributed by atoms with Crippen molar-refractivity contribution < 1.29 is 19.7 Å². The Kier molecular flexibility index (Phi) is 4.74. The highest BCUT2D eigenvalue weighted by atomic mass is 32.2. The van der Waals surface area contributed by atoms with Gasteiger partial charge in [-0.15, -0.1) is 0 Å². The van der Waals surface area contributed by atoms with Crippen LogP contribution >= 0.6 is 11.8 Å². The van der Waals surface area contributed by atoms with E-state index in [4.69, 9.17) is 0 Å². The minimum absolute atomic E-state index is 0.0116. The Balaban J connectivity index is 1.64. The fraction of sp³-hybridized carbons (Fsp3) is 0.609. The van der Waals surface area contributed by atoms with Gasteiger partial charge in [0.25, 0.3) is 5.91 Å². The quantitative estimate of drug-likeness (QED) is 0.715. The van der Waals surface area contributed by atoms with Crippen LogP contribution in [0.2, 0.25) is 0 Å². The summed E-state index contributed by atoms with van der Waals surface area (Å²) in [4.78, 5) is 42.5. The zero-order valence-corrected chi connectivity index (χ0v) is 18.7.